The molecule has 0 atom stereocenters. The zero-order valence-corrected chi connectivity index (χ0v) is 20.7. The average Bonchev–Trinajstić information content (AvgIpc) is 3.49. The van der Waals surface area contributed by atoms with Crippen LogP contribution in [0, 0.1) is 0 Å². The molecule has 158 valence electrons. The molecule has 0 unspecified atom stereocenters. The van der Waals surface area contributed by atoms with Crippen LogP contribution in [0.4, 0.5) is 5.69 Å². The lowest BCUT2D eigenvalue weighted by Crippen LogP contribution is -2.29. The maximum atomic E-state index is 2.37. The molecule has 6 rings (SSSR count). The van der Waals surface area contributed by atoms with Crippen molar-refractivity contribution in [1.29, 1.82) is 0 Å². The molecule has 3 aromatic carbocycles. The van der Waals surface area contributed by atoms with E-state index >= 15 is 0 Å². The summed E-state index contributed by atoms with van der Waals surface area (Å²) in [6.07, 6.45) is 5.73. The van der Waals surface area contributed by atoms with Gasteiger partial charge >= 0.3 is 0 Å². The highest BCUT2D eigenvalue weighted by molar-refractivity contribution is 8.03. The maximum absolute atomic E-state index is 2.37. The van der Waals surface area contributed by atoms with E-state index in [2.05, 4.69) is 103 Å². The van der Waals surface area contributed by atoms with Gasteiger partial charge in [-0.1, -0.05) is 60.4 Å². The second-order valence-corrected chi connectivity index (χ2v) is 11.2. The number of allylic oxidation sites excluding steroid dienone is 2. The van der Waals surface area contributed by atoms with Crippen molar-refractivity contribution in [3.8, 4) is 0 Å². The molecule has 0 fully saturated rings. The molecule has 3 heterocycles. The van der Waals surface area contributed by atoms with Gasteiger partial charge < -0.3 is 4.90 Å². The van der Waals surface area contributed by atoms with Gasteiger partial charge in [0.05, 0.1) is 16.1 Å². The summed E-state index contributed by atoms with van der Waals surface area (Å²) in [6, 6.07) is 19.9. The van der Waals surface area contributed by atoms with Gasteiger partial charge in [0, 0.05) is 28.1 Å². The lowest BCUT2D eigenvalue weighted by Gasteiger charge is -2.16. The molecule has 0 aliphatic carbocycles. The highest BCUT2D eigenvalue weighted by atomic mass is 32.2. The summed E-state index contributed by atoms with van der Waals surface area (Å²) in [5.74, 6) is 0. The number of fused-ring (bicyclic) bond motifs is 6. The van der Waals surface area contributed by atoms with Crippen LogP contribution in [0.15, 0.2) is 81.6 Å². The Bertz CT molecular complexity index is 1570. The van der Waals surface area contributed by atoms with E-state index in [1.54, 1.807) is 0 Å². The third-order valence-corrected chi connectivity index (χ3v) is 9.40. The fourth-order valence-corrected chi connectivity index (χ4v) is 7.57. The molecule has 0 N–H and O–H groups in total. The van der Waals surface area contributed by atoms with Crippen LogP contribution in [0.5, 0.6) is 0 Å². The molecular weight excluding hydrogens is 449 g/mol. The van der Waals surface area contributed by atoms with Gasteiger partial charge in [-0.3, -0.25) is 0 Å². The van der Waals surface area contributed by atoms with Crippen molar-refractivity contribution < 1.29 is 4.57 Å². The quantitative estimate of drug-likeness (QED) is 0.246. The number of thioether (sulfide) groups is 1. The minimum atomic E-state index is 0.997. The van der Waals surface area contributed by atoms with E-state index in [-0.39, 0.29) is 0 Å². The molecule has 0 saturated carbocycles. The monoisotopic (exact) mass is 471 g/mol. The van der Waals surface area contributed by atoms with E-state index in [4.69, 9.17) is 0 Å². The molecule has 2 aromatic heterocycles. The summed E-state index contributed by atoms with van der Waals surface area (Å²) < 4.78 is 5.06. The predicted molar refractivity (Wildman–Crippen MR) is 143 cm³/mol. The Hall–Kier alpha value is -2.60. The van der Waals surface area contributed by atoms with Gasteiger partial charge in [-0.25, -0.2) is 0 Å². The fraction of sp³-hybridized carbons (Fsp3) is 0.148. The molecule has 2 nitrogen and oxygen atoms in total. The Morgan fingerprint density at radius 1 is 1.00 bits per heavy atom. The normalized spacial score (nSPS) is 15.5. The predicted octanol–water partition coefficient (Wildman–Crippen LogP) is 7.97. The Morgan fingerprint density at radius 2 is 1.84 bits per heavy atom. The second-order valence-electron chi connectivity index (χ2n) is 8.09. The van der Waals surface area contributed by atoms with Gasteiger partial charge in [0.1, 0.15) is 11.7 Å². The first-order valence-electron chi connectivity index (χ1n) is 10.8. The van der Waals surface area contributed by atoms with Crippen LogP contribution in [0.2, 0.25) is 0 Å². The molecule has 1 aliphatic rings. The maximum Gasteiger partial charge on any atom is 0.262 e. The van der Waals surface area contributed by atoms with E-state index < -0.39 is 0 Å². The first kappa shape index (κ1) is 20.0. The van der Waals surface area contributed by atoms with Crippen LogP contribution < -0.4 is 9.47 Å². The molecule has 0 radical (unpaired) electrons. The molecule has 5 aromatic rings. The number of nitrogens with zero attached hydrogens (tertiary/aromatic N) is 2. The lowest BCUT2D eigenvalue weighted by atomic mass is 10.1. The number of thiophene rings is 1. The van der Waals surface area contributed by atoms with Crippen LogP contribution in [-0.2, 0) is 7.05 Å². The molecule has 0 saturated heterocycles. The first-order chi connectivity index (χ1) is 15.6. The van der Waals surface area contributed by atoms with Crippen LogP contribution in [0.25, 0.3) is 37.2 Å². The standard InChI is InChI=1S/C27H23N2S3/c1-4-17(16-25-29(3)27-20-13-14-30-21(20)11-12-23(27)32-25)15-24-28(2)26-19-8-6-5-7-18(19)9-10-22(26)31-24/h5-16H,4H2,1-3H3/q+1. The smallest absolute Gasteiger partial charge is 0.262 e. The van der Waals surface area contributed by atoms with Gasteiger partial charge in [0.25, 0.3) is 5.01 Å². The first-order valence-corrected chi connectivity index (χ1v) is 13.3. The SMILES string of the molecule is CCC(/C=C1\Sc2ccc3ccccc3c2N1C)=C\c1sc2ccc3sccc3c2[n+]1C. The minimum Gasteiger partial charge on any atom is -0.338 e. The molecule has 32 heavy (non-hydrogen) atoms. The number of thiazole rings is 1. The highest BCUT2D eigenvalue weighted by Crippen LogP contribution is 2.49. The number of anilines is 1. The summed E-state index contributed by atoms with van der Waals surface area (Å²) >= 11 is 5.56. The topological polar surface area (TPSA) is 7.12 Å². The van der Waals surface area contributed by atoms with E-state index in [9.17, 15) is 0 Å². The van der Waals surface area contributed by atoms with E-state index in [0.29, 0.717) is 0 Å². The van der Waals surface area contributed by atoms with Gasteiger partial charge in [0.2, 0.25) is 5.52 Å². The van der Waals surface area contributed by atoms with Gasteiger partial charge in [-0.15, -0.1) is 11.3 Å². The zero-order valence-electron chi connectivity index (χ0n) is 18.3. The minimum absolute atomic E-state index is 0.997. The molecule has 0 spiro atoms. The van der Waals surface area contributed by atoms with Crippen LogP contribution >= 0.6 is 34.4 Å². The Balaban J connectivity index is 1.42. The molecule has 1 aliphatic heterocycles. The third-order valence-electron chi connectivity index (χ3n) is 6.22. The van der Waals surface area contributed by atoms with E-state index in [1.807, 2.05) is 34.4 Å². The summed E-state index contributed by atoms with van der Waals surface area (Å²) in [7, 11) is 4.39. The van der Waals surface area contributed by atoms with Crippen molar-refractivity contribution in [1.82, 2.24) is 0 Å². The van der Waals surface area contributed by atoms with Crippen molar-refractivity contribution in [2.75, 3.05) is 11.9 Å². The van der Waals surface area contributed by atoms with Crippen LogP contribution in [0.3, 0.4) is 0 Å². The number of benzene rings is 3. The largest absolute Gasteiger partial charge is 0.338 e. The average molecular weight is 472 g/mol. The second kappa shape index (κ2) is 7.77. The number of aryl methyl sites for hydroxylation is 1. The van der Waals surface area contributed by atoms with E-state index in [1.165, 1.54) is 57.3 Å². The van der Waals surface area contributed by atoms with Crippen LogP contribution in [0.1, 0.15) is 18.4 Å². The van der Waals surface area contributed by atoms with Gasteiger partial charge in [0.15, 0.2) is 0 Å². The number of rotatable bonds is 3. The fourth-order valence-electron chi connectivity index (χ4n) is 4.50. The Morgan fingerprint density at radius 3 is 2.72 bits per heavy atom. The van der Waals surface area contributed by atoms with Crippen molar-refractivity contribution in [3.05, 3.63) is 81.7 Å². The lowest BCUT2D eigenvalue weighted by molar-refractivity contribution is -0.641. The summed E-state index contributed by atoms with van der Waals surface area (Å²) in [5, 5.41) is 8.74. The van der Waals surface area contributed by atoms with Gasteiger partial charge in [-0.2, -0.15) is 4.57 Å². The van der Waals surface area contributed by atoms with Crippen molar-refractivity contribution >= 4 is 77.3 Å². The third kappa shape index (κ3) is 3.11. The molecular formula is C27H23N2S3+. The number of hydrogen-bond acceptors (Lipinski definition) is 4. The molecule has 0 bridgehead atoms. The summed E-state index contributed by atoms with van der Waals surface area (Å²) in [4.78, 5) is 3.69. The Labute approximate surface area is 200 Å². The summed E-state index contributed by atoms with van der Waals surface area (Å²) in [6.45, 7) is 2.25. The summed E-state index contributed by atoms with van der Waals surface area (Å²) in [5.41, 5.74) is 4.01. The van der Waals surface area contributed by atoms with Crippen LogP contribution in [-0.4, -0.2) is 7.05 Å². The number of aromatic nitrogens is 1. The zero-order chi connectivity index (χ0) is 21.8. The highest BCUT2D eigenvalue weighted by Gasteiger charge is 2.25. The molecule has 5 heteroatoms. The van der Waals surface area contributed by atoms with Crippen molar-refractivity contribution in [2.45, 2.75) is 18.2 Å². The van der Waals surface area contributed by atoms with E-state index in [0.717, 1.165) is 6.42 Å². The molecule has 0 amide bonds. The van der Waals surface area contributed by atoms with Crippen molar-refractivity contribution in [3.63, 3.8) is 0 Å². The van der Waals surface area contributed by atoms with Crippen molar-refractivity contribution in [2.24, 2.45) is 7.05 Å². The Kier molecular flexibility index (Phi) is 4.86. The number of hydrogen-bond donors (Lipinski definition) is 0. The van der Waals surface area contributed by atoms with Gasteiger partial charge in [-0.05, 0) is 53.1 Å².